The summed E-state index contributed by atoms with van der Waals surface area (Å²) in [5.41, 5.74) is 0. The number of piperazine rings is 1. The van der Waals surface area contributed by atoms with Crippen molar-refractivity contribution in [3.05, 3.63) is 0 Å². The third-order valence-electron chi connectivity index (χ3n) is 7.75. The smallest absolute Gasteiger partial charge is 0.237 e. The van der Waals surface area contributed by atoms with Gasteiger partial charge in [-0.15, -0.1) is 0 Å². The average Bonchev–Trinajstić information content (AvgIpc) is 2.77. The van der Waals surface area contributed by atoms with Gasteiger partial charge in [0.25, 0.3) is 0 Å². The number of rotatable bonds is 5. The SMILES string of the molecule is O=C1NCCN(CC2CCCCC2)C1CC(=O)N1CCC(N2CCCCC2)CC1. The lowest BCUT2D eigenvalue weighted by molar-refractivity contribution is -0.140. The highest BCUT2D eigenvalue weighted by atomic mass is 16.2. The molecule has 0 aromatic heterocycles. The van der Waals surface area contributed by atoms with Crippen LogP contribution < -0.4 is 5.32 Å². The lowest BCUT2D eigenvalue weighted by atomic mass is 9.88. The van der Waals surface area contributed by atoms with Crippen LogP contribution in [-0.2, 0) is 9.59 Å². The minimum absolute atomic E-state index is 0.0589. The predicted octanol–water partition coefficient (Wildman–Crippen LogP) is 2.23. The largest absolute Gasteiger partial charge is 0.353 e. The van der Waals surface area contributed by atoms with Crippen LogP contribution in [0.25, 0.3) is 0 Å². The first kappa shape index (κ1) is 21.1. The second-order valence-electron chi connectivity index (χ2n) is 9.72. The van der Waals surface area contributed by atoms with E-state index in [0.29, 0.717) is 18.4 Å². The quantitative estimate of drug-likeness (QED) is 0.764. The average molecular weight is 405 g/mol. The van der Waals surface area contributed by atoms with Gasteiger partial charge in [0.1, 0.15) is 0 Å². The van der Waals surface area contributed by atoms with Crippen molar-refractivity contribution in [2.24, 2.45) is 5.92 Å². The summed E-state index contributed by atoms with van der Waals surface area (Å²) >= 11 is 0. The number of hydrogen-bond acceptors (Lipinski definition) is 4. The van der Waals surface area contributed by atoms with E-state index in [9.17, 15) is 9.59 Å². The summed E-state index contributed by atoms with van der Waals surface area (Å²) in [5, 5.41) is 3.00. The number of nitrogens with zero attached hydrogens (tertiary/aromatic N) is 3. The maximum atomic E-state index is 13.0. The Bertz CT molecular complexity index is 549. The highest BCUT2D eigenvalue weighted by Crippen LogP contribution is 2.26. The van der Waals surface area contributed by atoms with Crippen molar-refractivity contribution in [3.63, 3.8) is 0 Å². The molecule has 1 aliphatic carbocycles. The van der Waals surface area contributed by atoms with Crippen LogP contribution in [0.2, 0.25) is 0 Å². The molecule has 4 fully saturated rings. The summed E-state index contributed by atoms with van der Waals surface area (Å²) in [4.78, 5) is 32.6. The molecule has 4 rings (SSSR count). The molecular formula is C23H40N4O2. The number of hydrogen-bond donors (Lipinski definition) is 1. The van der Waals surface area contributed by atoms with Crippen molar-refractivity contribution in [1.82, 2.24) is 20.0 Å². The lowest BCUT2D eigenvalue weighted by Crippen LogP contribution is -2.58. The zero-order valence-corrected chi connectivity index (χ0v) is 18.1. The number of nitrogens with one attached hydrogen (secondary N) is 1. The Balaban J connectivity index is 1.28. The summed E-state index contributed by atoms with van der Waals surface area (Å²) in [5.74, 6) is 0.939. The second-order valence-corrected chi connectivity index (χ2v) is 9.72. The van der Waals surface area contributed by atoms with Gasteiger partial charge in [-0.3, -0.25) is 14.5 Å². The Kier molecular flexibility index (Phi) is 7.46. The molecular weight excluding hydrogens is 364 g/mol. The van der Waals surface area contributed by atoms with E-state index in [-0.39, 0.29) is 17.9 Å². The number of amides is 2. The predicted molar refractivity (Wildman–Crippen MR) is 115 cm³/mol. The molecule has 4 aliphatic rings. The molecule has 3 aliphatic heterocycles. The molecule has 0 aromatic carbocycles. The molecule has 29 heavy (non-hydrogen) atoms. The van der Waals surface area contributed by atoms with E-state index in [1.165, 1.54) is 64.5 Å². The van der Waals surface area contributed by atoms with Crippen LogP contribution >= 0.6 is 0 Å². The van der Waals surface area contributed by atoms with Crippen LogP contribution in [0.1, 0.15) is 70.6 Å². The van der Waals surface area contributed by atoms with Crippen LogP contribution in [-0.4, -0.2) is 84.4 Å². The van der Waals surface area contributed by atoms with E-state index in [4.69, 9.17) is 0 Å². The molecule has 0 bridgehead atoms. The molecule has 6 nitrogen and oxygen atoms in total. The molecule has 0 aromatic rings. The molecule has 3 heterocycles. The molecule has 2 amide bonds. The summed E-state index contributed by atoms with van der Waals surface area (Å²) in [6, 6.07) is 0.387. The van der Waals surface area contributed by atoms with Crippen molar-refractivity contribution < 1.29 is 9.59 Å². The molecule has 0 spiro atoms. The molecule has 3 saturated heterocycles. The van der Waals surface area contributed by atoms with Gasteiger partial charge in [-0.2, -0.15) is 0 Å². The van der Waals surface area contributed by atoms with Gasteiger partial charge in [-0.1, -0.05) is 25.7 Å². The van der Waals surface area contributed by atoms with Crippen LogP contribution in [0.15, 0.2) is 0 Å². The van der Waals surface area contributed by atoms with E-state index >= 15 is 0 Å². The Morgan fingerprint density at radius 1 is 0.862 bits per heavy atom. The van der Waals surface area contributed by atoms with Crippen molar-refractivity contribution in [2.45, 2.75) is 82.7 Å². The van der Waals surface area contributed by atoms with Gasteiger partial charge in [0, 0.05) is 38.8 Å². The highest BCUT2D eigenvalue weighted by molar-refractivity contribution is 5.88. The van der Waals surface area contributed by atoms with E-state index in [1.807, 2.05) is 4.90 Å². The highest BCUT2D eigenvalue weighted by Gasteiger charge is 2.35. The standard InChI is InChI=1S/C23H40N4O2/c28-22(26-14-9-20(10-15-26)25-12-5-2-6-13-25)17-21-23(29)24-11-16-27(21)18-19-7-3-1-4-8-19/h19-21H,1-18H2,(H,24,29). The lowest BCUT2D eigenvalue weighted by Gasteiger charge is -2.41. The Morgan fingerprint density at radius 3 is 2.28 bits per heavy atom. The third kappa shape index (κ3) is 5.52. The van der Waals surface area contributed by atoms with Gasteiger partial charge in [-0.05, 0) is 57.5 Å². The summed E-state index contributed by atoms with van der Waals surface area (Å²) in [7, 11) is 0. The van der Waals surface area contributed by atoms with Gasteiger partial charge < -0.3 is 15.1 Å². The van der Waals surface area contributed by atoms with Crippen molar-refractivity contribution >= 4 is 11.8 Å². The monoisotopic (exact) mass is 404 g/mol. The van der Waals surface area contributed by atoms with Crippen molar-refractivity contribution in [3.8, 4) is 0 Å². The molecule has 1 N–H and O–H groups in total. The normalized spacial score (nSPS) is 29.0. The molecule has 1 unspecified atom stereocenters. The molecule has 1 saturated carbocycles. The fourth-order valence-electron chi connectivity index (χ4n) is 5.96. The molecule has 6 heteroatoms. The van der Waals surface area contributed by atoms with Crippen LogP contribution in [0.5, 0.6) is 0 Å². The Labute approximate surface area is 176 Å². The summed E-state index contributed by atoms with van der Waals surface area (Å²) < 4.78 is 0. The fraction of sp³-hybridized carbons (Fsp3) is 0.913. The molecule has 164 valence electrons. The van der Waals surface area contributed by atoms with Crippen molar-refractivity contribution in [2.75, 3.05) is 45.8 Å². The Morgan fingerprint density at radius 2 is 1.55 bits per heavy atom. The fourth-order valence-corrected chi connectivity index (χ4v) is 5.96. The molecule has 0 radical (unpaired) electrons. The van der Waals surface area contributed by atoms with Gasteiger partial charge in [0.2, 0.25) is 11.8 Å². The van der Waals surface area contributed by atoms with Crippen LogP contribution in [0, 0.1) is 5.92 Å². The summed E-state index contributed by atoms with van der Waals surface area (Å²) in [6.45, 7) is 6.78. The second kappa shape index (κ2) is 10.3. The third-order valence-corrected chi connectivity index (χ3v) is 7.75. The van der Waals surface area contributed by atoms with Gasteiger partial charge in [0.05, 0.1) is 12.5 Å². The van der Waals surface area contributed by atoms with Crippen molar-refractivity contribution in [1.29, 1.82) is 0 Å². The van der Waals surface area contributed by atoms with Gasteiger partial charge >= 0.3 is 0 Å². The van der Waals surface area contributed by atoms with Gasteiger partial charge in [-0.25, -0.2) is 0 Å². The maximum Gasteiger partial charge on any atom is 0.237 e. The van der Waals surface area contributed by atoms with Crippen LogP contribution in [0.4, 0.5) is 0 Å². The minimum Gasteiger partial charge on any atom is -0.353 e. The topological polar surface area (TPSA) is 55.9 Å². The maximum absolute atomic E-state index is 13.0. The van der Waals surface area contributed by atoms with Crippen LogP contribution in [0.3, 0.4) is 0 Å². The van der Waals surface area contributed by atoms with E-state index in [0.717, 1.165) is 45.6 Å². The van der Waals surface area contributed by atoms with E-state index in [1.54, 1.807) is 0 Å². The first-order valence-corrected chi connectivity index (χ1v) is 12.2. The van der Waals surface area contributed by atoms with Gasteiger partial charge in [0.15, 0.2) is 0 Å². The zero-order valence-electron chi connectivity index (χ0n) is 18.1. The molecule has 1 atom stereocenters. The number of piperidine rings is 2. The first-order chi connectivity index (χ1) is 14.2. The summed E-state index contributed by atoms with van der Waals surface area (Å²) in [6.07, 6.45) is 13.1. The number of carbonyl (C=O) groups is 2. The first-order valence-electron chi connectivity index (χ1n) is 12.2. The number of carbonyl (C=O) groups excluding carboxylic acids is 2. The minimum atomic E-state index is -0.266. The zero-order chi connectivity index (χ0) is 20.1. The van der Waals surface area contributed by atoms with E-state index < -0.39 is 0 Å². The van der Waals surface area contributed by atoms with E-state index in [2.05, 4.69) is 15.1 Å². The number of likely N-dealkylation sites (tertiary alicyclic amines) is 2. The Hall–Kier alpha value is -1.14.